The van der Waals surface area contributed by atoms with Crippen molar-refractivity contribution in [3.05, 3.63) is 30.3 Å². The van der Waals surface area contributed by atoms with Crippen molar-refractivity contribution in [1.29, 1.82) is 0 Å². The molecule has 2 atom stereocenters. The lowest BCUT2D eigenvalue weighted by atomic mass is 10.2. The molecule has 3 nitrogen and oxygen atoms in total. The van der Waals surface area contributed by atoms with E-state index in [1.165, 1.54) is 4.90 Å². The second kappa shape index (κ2) is 10.1. The lowest BCUT2D eigenvalue weighted by molar-refractivity contribution is -0.122. The minimum absolute atomic E-state index is 0. The summed E-state index contributed by atoms with van der Waals surface area (Å²) >= 11 is 1.76. The molecule has 0 heterocycles. The van der Waals surface area contributed by atoms with Gasteiger partial charge in [0.1, 0.15) is 0 Å². The summed E-state index contributed by atoms with van der Waals surface area (Å²) in [6.07, 6.45) is 1.68. The number of carbonyl (C=O) groups excluding carboxylic acids is 1. The molecular formula is C14H23ClN2OS. The summed E-state index contributed by atoms with van der Waals surface area (Å²) in [6.45, 7) is 4.78. The zero-order valence-electron chi connectivity index (χ0n) is 11.5. The molecule has 0 aromatic heterocycles. The molecule has 5 heteroatoms. The predicted octanol–water partition coefficient (Wildman–Crippen LogP) is 2.83. The normalized spacial score (nSPS) is 13.2. The number of hydrogen-bond donors (Lipinski definition) is 2. The molecule has 1 amide bonds. The van der Waals surface area contributed by atoms with Crippen molar-refractivity contribution in [2.45, 2.75) is 42.9 Å². The van der Waals surface area contributed by atoms with E-state index >= 15 is 0 Å². The van der Waals surface area contributed by atoms with E-state index in [4.69, 9.17) is 5.73 Å². The van der Waals surface area contributed by atoms with Gasteiger partial charge in [-0.05, 0) is 18.6 Å². The Bertz CT molecular complexity index is 362. The third kappa shape index (κ3) is 7.45. The molecule has 0 fully saturated rings. The lowest BCUT2D eigenvalue weighted by Gasteiger charge is -2.15. The second-order valence-electron chi connectivity index (χ2n) is 4.38. The van der Waals surface area contributed by atoms with Crippen LogP contribution in [-0.4, -0.2) is 23.7 Å². The van der Waals surface area contributed by atoms with Gasteiger partial charge < -0.3 is 11.1 Å². The quantitative estimate of drug-likeness (QED) is 0.762. The van der Waals surface area contributed by atoms with Crippen molar-refractivity contribution in [3.8, 4) is 0 Å². The van der Waals surface area contributed by atoms with Crippen LogP contribution in [0.25, 0.3) is 0 Å². The van der Waals surface area contributed by atoms with Crippen LogP contribution in [0.4, 0.5) is 0 Å². The number of carbonyl (C=O) groups is 1. The Kier molecular flexibility index (Phi) is 9.74. The van der Waals surface area contributed by atoms with Gasteiger partial charge in [0.05, 0.1) is 6.04 Å². The van der Waals surface area contributed by atoms with Crippen LogP contribution in [0.3, 0.4) is 0 Å². The number of halogens is 1. The third-order valence-corrected chi connectivity index (χ3v) is 3.69. The van der Waals surface area contributed by atoms with Crippen molar-refractivity contribution in [2.24, 2.45) is 5.73 Å². The number of amides is 1. The minimum Gasteiger partial charge on any atom is -0.354 e. The number of benzene rings is 1. The maximum atomic E-state index is 11.6. The van der Waals surface area contributed by atoms with E-state index in [0.29, 0.717) is 11.8 Å². The van der Waals surface area contributed by atoms with E-state index in [1.807, 2.05) is 25.1 Å². The van der Waals surface area contributed by atoms with Gasteiger partial charge in [0.15, 0.2) is 0 Å². The average Bonchev–Trinajstić information content (AvgIpc) is 2.37. The lowest BCUT2D eigenvalue weighted by Crippen LogP contribution is -2.42. The third-order valence-electron chi connectivity index (χ3n) is 2.58. The molecule has 108 valence electrons. The van der Waals surface area contributed by atoms with Gasteiger partial charge in [-0.25, -0.2) is 0 Å². The predicted molar refractivity (Wildman–Crippen MR) is 84.9 cm³/mol. The highest BCUT2D eigenvalue weighted by Crippen LogP contribution is 2.21. The van der Waals surface area contributed by atoms with E-state index in [-0.39, 0.29) is 24.4 Å². The highest BCUT2D eigenvalue weighted by molar-refractivity contribution is 8.00. The van der Waals surface area contributed by atoms with Crippen LogP contribution in [0.2, 0.25) is 0 Å². The van der Waals surface area contributed by atoms with Crippen molar-refractivity contribution in [2.75, 3.05) is 6.54 Å². The van der Waals surface area contributed by atoms with Gasteiger partial charge in [-0.3, -0.25) is 4.79 Å². The van der Waals surface area contributed by atoms with Gasteiger partial charge in [0.2, 0.25) is 5.91 Å². The fourth-order valence-corrected chi connectivity index (χ4v) is 2.54. The molecule has 0 aliphatic heterocycles. The van der Waals surface area contributed by atoms with Crippen LogP contribution in [0.5, 0.6) is 0 Å². The van der Waals surface area contributed by atoms with Gasteiger partial charge in [0.25, 0.3) is 0 Å². The molecule has 1 aromatic carbocycles. The largest absolute Gasteiger partial charge is 0.354 e. The van der Waals surface area contributed by atoms with E-state index in [0.717, 1.165) is 12.8 Å². The molecular weight excluding hydrogens is 280 g/mol. The summed E-state index contributed by atoms with van der Waals surface area (Å²) in [6, 6.07) is 9.82. The molecule has 19 heavy (non-hydrogen) atoms. The summed E-state index contributed by atoms with van der Waals surface area (Å²) < 4.78 is 0. The van der Waals surface area contributed by atoms with Crippen molar-refractivity contribution >= 4 is 30.1 Å². The molecule has 0 aliphatic rings. The van der Waals surface area contributed by atoms with Crippen LogP contribution in [0, 0.1) is 0 Å². The Hall–Kier alpha value is -0.710. The molecule has 0 bridgehead atoms. The smallest absolute Gasteiger partial charge is 0.236 e. The van der Waals surface area contributed by atoms with Gasteiger partial charge in [-0.2, -0.15) is 0 Å². The average molecular weight is 303 g/mol. The number of nitrogens with two attached hydrogens (primary N) is 1. The molecule has 3 N–H and O–H groups in total. The molecule has 0 aliphatic carbocycles. The summed E-state index contributed by atoms with van der Waals surface area (Å²) in [7, 11) is 0. The summed E-state index contributed by atoms with van der Waals surface area (Å²) in [5.41, 5.74) is 5.75. The number of rotatable bonds is 7. The first kappa shape index (κ1) is 18.3. The first-order valence-electron chi connectivity index (χ1n) is 6.38. The van der Waals surface area contributed by atoms with Crippen LogP contribution < -0.4 is 11.1 Å². The van der Waals surface area contributed by atoms with E-state index in [2.05, 4.69) is 24.4 Å². The summed E-state index contributed by atoms with van der Waals surface area (Å²) in [4.78, 5) is 12.9. The Labute approximate surface area is 126 Å². The Morgan fingerprint density at radius 1 is 1.37 bits per heavy atom. The van der Waals surface area contributed by atoms with E-state index in [9.17, 15) is 4.79 Å². The number of thioether (sulfide) groups is 1. The highest BCUT2D eigenvalue weighted by atomic mass is 35.5. The monoisotopic (exact) mass is 302 g/mol. The molecule has 1 rings (SSSR count). The molecule has 0 radical (unpaired) electrons. The standard InChI is InChI=1S/C14H22N2OS.ClH/c1-3-7-13(15)14(17)16-10-11(2)18-12-8-5-4-6-9-12;/h4-6,8-9,11,13H,3,7,10,15H2,1-2H3,(H,16,17);1H. The van der Waals surface area contributed by atoms with Crippen LogP contribution in [0.1, 0.15) is 26.7 Å². The fraction of sp³-hybridized carbons (Fsp3) is 0.500. The molecule has 0 saturated carbocycles. The SMILES string of the molecule is CCCC(N)C(=O)NCC(C)Sc1ccccc1.Cl. The van der Waals surface area contributed by atoms with Gasteiger partial charge >= 0.3 is 0 Å². The van der Waals surface area contributed by atoms with Gasteiger partial charge in [-0.15, -0.1) is 24.2 Å². The van der Waals surface area contributed by atoms with Crippen LogP contribution in [0.15, 0.2) is 35.2 Å². The zero-order chi connectivity index (χ0) is 13.4. The summed E-state index contributed by atoms with van der Waals surface area (Å²) in [5, 5.41) is 3.24. The second-order valence-corrected chi connectivity index (χ2v) is 5.89. The summed E-state index contributed by atoms with van der Waals surface area (Å²) in [5.74, 6) is -0.0441. The van der Waals surface area contributed by atoms with Crippen LogP contribution >= 0.6 is 24.2 Å². The van der Waals surface area contributed by atoms with Gasteiger partial charge in [0, 0.05) is 16.7 Å². The van der Waals surface area contributed by atoms with E-state index in [1.54, 1.807) is 11.8 Å². The first-order valence-corrected chi connectivity index (χ1v) is 7.26. The zero-order valence-corrected chi connectivity index (χ0v) is 13.1. The Morgan fingerprint density at radius 3 is 2.58 bits per heavy atom. The molecule has 0 spiro atoms. The molecule has 2 unspecified atom stereocenters. The van der Waals surface area contributed by atoms with E-state index < -0.39 is 0 Å². The molecule has 1 aromatic rings. The van der Waals surface area contributed by atoms with Gasteiger partial charge in [-0.1, -0.05) is 38.5 Å². The van der Waals surface area contributed by atoms with Crippen molar-refractivity contribution < 1.29 is 4.79 Å². The maximum absolute atomic E-state index is 11.6. The first-order chi connectivity index (χ1) is 8.63. The van der Waals surface area contributed by atoms with Crippen LogP contribution in [-0.2, 0) is 4.79 Å². The maximum Gasteiger partial charge on any atom is 0.236 e. The highest BCUT2D eigenvalue weighted by Gasteiger charge is 2.13. The Morgan fingerprint density at radius 2 is 2.00 bits per heavy atom. The minimum atomic E-state index is -0.371. The Balaban J connectivity index is 0.00000324. The van der Waals surface area contributed by atoms with Crippen molar-refractivity contribution in [1.82, 2.24) is 5.32 Å². The van der Waals surface area contributed by atoms with Crippen molar-refractivity contribution in [3.63, 3.8) is 0 Å². The fourth-order valence-electron chi connectivity index (χ4n) is 1.59. The number of nitrogens with one attached hydrogen (secondary N) is 1. The topological polar surface area (TPSA) is 55.1 Å². The number of hydrogen-bond acceptors (Lipinski definition) is 3. The molecule has 0 saturated heterocycles.